The normalized spacial score (nSPS) is 24.9. The molecule has 1 fully saturated rings. The molecule has 1 saturated heterocycles. The van der Waals surface area contributed by atoms with Crippen molar-refractivity contribution >= 4 is 17.1 Å². The molecule has 2 atom stereocenters. The average Bonchev–Trinajstić information content (AvgIpc) is 2.86. The summed E-state index contributed by atoms with van der Waals surface area (Å²) in [5, 5.41) is 3.29. The minimum Gasteiger partial charge on any atom is -0.316 e. The first-order chi connectivity index (χ1) is 7.70. The molecule has 1 aliphatic heterocycles. The van der Waals surface area contributed by atoms with Crippen molar-refractivity contribution in [2.24, 2.45) is 11.8 Å². The van der Waals surface area contributed by atoms with Gasteiger partial charge in [0.25, 0.3) is 0 Å². The van der Waals surface area contributed by atoms with E-state index in [1.54, 1.807) is 11.3 Å². The highest BCUT2D eigenvalue weighted by molar-refractivity contribution is 7.12. The van der Waals surface area contributed by atoms with E-state index in [9.17, 15) is 4.79 Å². The molecular formula is C13H19NOS. The summed E-state index contributed by atoms with van der Waals surface area (Å²) in [6.07, 6.45) is 1.70. The average molecular weight is 237 g/mol. The maximum Gasteiger partial charge on any atom is 0.142 e. The fourth-order valence-electron chi connectivity index (χ4n) is 2.25. The Morgan fingerprint density at radius 2 is 2.19 bits per heavy atom. The Kier molecular flexibility index (Phi) is 3.77. The Bertz CT molecular complexity index is 372. The van der Waals surface area contributed by atoms with Gasteiger partial charge in [0.2, 0.25) is 0 Å². The van der Waals surface area contributed by atoms with E-state index in [4.69, 9.17) is 0 Å². The zero-order valence-corrected chi connectivity index (χ0v) is 10.8. The lowest BCUT2D eigenvalue weighted by molar-refractivity contribution is -0.122. The van der Waals surface area contributed by atoms with Crippen LogP contribution in [0.3, 0.4) is 0 Å². The van der Waals surface area contributed by atoms with Crippen LogP contribution in [0.5, 0.6) is 0 Å². The van der Waals surface area contributed by atoms with Crippen molar-refractivity contribution in [2.75, 3.05) is 13.1 Å². The van der Waals surface area contributed by atoms with Crippen molar-refractivity contribution in [1.82, 2.24) is 5.32 Å². The van der Waals surface area contributed by atoms with Crippen LogP contribution in [0.25, 0.3) is 0 Å². The number of thiophene rings is 1. The summed E-state index contributed by atoms with van der Waals surface area (Å²) >= 11 is 1.78. The highest BCUT2D eigenvalue weighted by Gasteiger charge is 2.29. The van der Waals surface area contributed by atoms with E-state index < -0.39 is 0 Å². The molecule has 0 aromatic carbocycles. The second-order valence-corrected chi connectivity index (χ2v) is 5.86. The minimum absolute atomic E-state index is 0.229. The fourth-order valence-corrected chi connectivity index (χ4v) is 3.22. The van der Waals surface area contributed by atoms with Gasteiger partial charge in [-0.25, -0.2) is 0 Å². The molecule has 0 spiro atoms. The number of hydrogen-bond donors (Lipinski definition) is 1. The van der Waals surface area contributed by atoms with Crippen molar-refractivity contribution in [3.05, 3.63) is 21.9 Å². The summed E-state index contributed by atoms with van der Waals surface area (Å²) in [6.45, 7) is 6.17. The molecule has 0 amide bonds. The molecule has 1 aromatic rings. The van der Waals surface area contributed by atoms with E-state index in [1.807, 2.05) is 0 Å². The number of Topliss-reactive ketones (excluding diaryl/α,β-unsaturated/α-hetero) is 1. The number of carbonyl (C=O) groups is 1. The quantitative estimate of drug-likeness (QED) is 0.870. The van der Waals surface area contributed by atoms with Crippen molar-refractivity contribution in [1.29, 1.82) is 0 Å². The van der Waals surface area contributed by atoms with Gasteiger partial charge in [0.15, 0.2) is 0 Å². The molecule has 0 radical (unpaired) electrons. The largest absolute Gasteiger partial charge is 0.316 e. The van der Waals surface area contributed by atoms with Gasteiger partial charge in [-0.05, 0) is 31.0 Å². The van der Waals surface area contributed by atoms with Gasteiger partial charge in [-0.1, -0.05) is 13.8 Å². The maximum absolute atomic E-state index is 12.1. The molecule has 1 N–H and O–H groups in total. The third-order valence-corrected chi connectivity index (χ3v) is 4.57. The Hall–Kier alpha value is -0.670. The van der Waals surface area contributed by atoms with Gasteiger partial charge in [-0.15, -0.1) is 11.3 Å². The lowest BCUT2D eigenvalue weighted by Gasteiger charge is -2.11. The lowest BCUT2D eigenvalue weighted by atomic mass is 9.92. The predicted molar refractivity (Wildman–Crippen MR) is 67.9 cm³/mol. The van der Waals surface area contributed by atoms with Crippen molar-refractivity contribution in [2.45, 2.75) is 26.7 Å². The number of aryl methyl sites for hydroxylation is 1. The first-order valence-corrected chi connectivity index (χ1v) is 6.83. The minimum atomic E-state index is 0.229. The SMILES string of the molecule is CCc1ccc(CC(=O)C2CNCC2C)s1. The number of nitrogens with one attached hydrogen (secondary N) is 1. The van der Waals surface area contributed by atoms with Gasteiger partial charge in [0, 0.05) is 28.6 Å². The number of carbonyl (C=O) groups excluding carboxylic acids is 1. The third-order valence-electron chi connectivity index (χ3n) is 3.35. The standard InChI is InChI=1S/C13H19NOS/c1-3-10-4-5-11(16-10)6-13(15)12-8-14-7-9(12)2/h4-5,9,12,14H,3,6-8H2,1-2H3. The van der Waals surface area contributed by atoms with Crippen molar-refractivity contribution in [3.8, 4) is 0 Å². The summed E-state index contributed by atoms with van der Waals surface area (Å²) in [5.41, 5.74) is 0. The molecule has 0 aliphatic carbocycles. The Morgan fingerprint density at radius 3 is 2.75 bits per heavy atom. The van der Waals surface area contributed by atoms with Crippen LogP contribution in [0.4, 0.5) is 0 Å². The summed E-state index contributed by atoms with van der Waals surface area (Å²) in [7, 11) is 0. The van der Waals surface area contributed by atoms with Crippen LogP contribution in [0.1, 0.15) is 23.6 Å². The molecule has 0 bridgehead atoms. The maximum atomic E-state index is 12.1. The molecular weight excluding hydrogens is 218 g/mol. The topological polar surface area (TPSA) is 29.1 Å². The predicted octanol–water partition coefficient (Wildman–Crippen LogP) is 2.28. The van der Waals surface area contributed by atoms with Crippen LogP contribution >= 0.6 is 11.3 Å². The van der Waals surface area contributed by atoms with E-state index in [0.717, 1.165) is 19.5 Å². The number of rotatable bonds is 4. The number of ketones is 1. The second kappa shape index (κ2) is 5.11. The first kappa shape index (κ1) is 11.8. The molecule has 1 aliphatic rings. The monoisotopic (exact) mass is 237 g/mol. The molecule has 16 heavy (non-hydrogen) atoms. The van der Waals surface area contributed by atoms with Gasteiger partial charge >= 0.3 is 0 Å². The molecule has 2 nitrogen and oxygen atoms in total. The Morgan fingerprint density at radius 1 is 1.44 bits per heavy atom. The van der Waals surface area contributed by atoms with E-state index in [2.05, 4.69) is 31.3 Å². The highest BCUT2D eigenvalue weighted by Crippen LogP contribution is 2.22. The number of hydrogen-bond acceptors (Lipinski definition) is 3. The molecule has 1 aromatic heterocycles. The summed E-state index contributed by atoms with van der Waals surface area (Å²) in [6, 6.07) is 4.25. The van der Waals surface area contributed by atoms with Gasteiger partial charge in [0.05, 0.1) is 0 Å². The van der Waals surface area contributed by atoms with Crippen LogP contribution in [-0.2, 0) is 17.6 Å². The van der Waals surface area contributed by atoms with Crippen LogP contribution in [0.15, 0.2) is 12.1 Å². The summed E-state index contributed by atoms with van der Waals surface area (Å²) in [4.78, 5) is 14.7. The molecule has 2 heterocycles. The van der Waals surface area contributed by atoms with Crippen LogP contribution < -0.4 is 5.32 Å². The first-order valence-electron chi connectivity index (χ1n) is 6.01. The molecule has 2 unspecified atom stereocenters. The van der Waals surface area contributed by atoms with E-state index in [0.29, 0.717) is 18.1 Å². The van der Waals surface area contributed by atoms with E-state index >= 15 is 0 Å². The zero-order valence-electron chi connectivity index (χ0n) is 9.95. The molecule has 0 saturated carbocycles. The zero-order chi connectivity index (χ0) is 11.5. The molecule has 3 heteroatoms. The lowest BCUT2D eigenvalue weighted by Crippen LogP contribution is -2.22. The van der Waals surface area contributed by atoms with E-state index in [1.165, 1.54) is 9.75 Å². The molecule has 88 valence electrons. The Labute approximate surface area is 101 Å². The third kappa shape index (κ3) is 2.53. The highest BCUT2D eigenvalue weighted by atomic mass is 32.1. The van der Waals surface area contributed by atoms with Crippen LogP contribution in [0.2, 0.25) is 0 Å². The summed E-state index contributed by atoms with van der Waals surface area (Å²) < 4.78 is 0. The molecule has 2 rings (SSSR count). The smallest absolute Gasteiger partial charge is 0.142 e. The van der Waals surface area contributed by atoms with E-state index in [-0.39, 0.29) is 5.92 Å². The van der Waals surface area contributed by atoms with Crippen LogP contribution in [-0.4, -0.2) is 18.9 Å². The van der Waals surface area contributed by atoms with Gasteiger partial charge in [-0.2, -0.15) is 0 Å². The fraction of sp³-hybridized carbons (Fsp3) is 0.615. The summed E-state index contributed by atoms with van der Waals surface area (Å²) in [5.74, 6) is 1.13. The Balaban J connectivity index is 1.96. The van der Waals surface area contributed by atoms with Gasteiger partial charge < -0.3 is 5.32 Å². The van der Waals surface area contributed by atoms with Gasteiger partial charge in [-0.3, -0.25) is 4.79 Å². The van der Waals surface area contributed by atoms with Crippen LogP contribution in [0, 0.1) is 11.8 Å². The van der Waals surface area contributed by atoms with Crippen molar-refractivity contribution < 1.29 is 4.79 Å². The van der Waals surface area contributed by atoms with Gasteiger partial charge in [0.1, 0.15) is 5.78 Å². The van der Waals surface area contributed by atoms with Crippen molar-refractivity contribution in [3.63, 3.8) is 0 Å². The second-order valence-electron chi connectivity index (χ2n) is 4.61.